The van der Waals surface area contributed by atoms with Gasteiger partial charge in [-0.15, -0.1) is 0 Å². The van der Waals surface area contributed by atoms with Crippen molar-refractivity contribution in [3.05, 3.63) is 57.6 Å². The first-order valence-corrected chi connectivity index (χ1v) is 16.9. The quantitative estimate of drug-likeness (QED) is 0.0404. The maximum absolute atomic E-state index is 13.4. The zero-order valence-electron chi connectivity index (χ0n) is 29.2. The van der Waals surface area contributed by atoms with E-state index in [1.807, 2.05) is 9.24 Å². The summed E-state index contributed by atoms with van der Waals surface area (Å²) in [5, 5.41) is 29.4. The molecule has 0 spiro atoms. The van der Waals surface area contributed by atoms with Crippen LogP contribution in [0.3, 0.4) is 0 Å². The van der Waals surface area contributed by atoms with Crippen LogP contribution >= 0.6 is 22.7 Å². The van der Waals surface area contributed by atoms with E-state index in [-0.39, 0.29) is 84.2 Å². The monoisotopic (exact) mass is 825 g/mol. The van der Waals surface area contributed by atoms with Gasteiger partial charge >= 0.3 is 26.6 Å². The number of unbranched alkanes of at least 4 members (excludes halogenated alkanes) is 1. The van der Waals surface area contributed by atoms with E-state index in [1.165, 1.54) is 13.1 Å². The molecule has 302 valence electrons. The Kier molecular flexibility index (Phi) is 18.3. The van der Waals surface area contributed by atoms with Gasteiger partial charge in [0.15, 0.2) is 5.52 Å². The molecule has 2 aliphatic heterocycles. The van der Waals surface area contributed by atoms with Crippen molar-refractivity contribution in [2.45, 2.75) is 63.3 Å². The van der Waals surface area contributed by atoms with E-state index >= 15 is 0 Å². The number of fused-ring (bicyclic) bond motifs is 2. The maximum Gasteiger partial charge on any atom is 0.491 e. The Bertz CT molecular complexity index is 1710. The molecule has 4 rings (SSSR count). The van der Waals surface area contributed by atoms with Gasteiger partial charge in [0.25, 0.3) is 5.91 Å². The second-order valence-corrected chi connectivity index (χ2v) is 12.7. The number of likely N-dealkylation sites (N-methyl/N-ethyl adjacent to an activating group) is 1. The van der Waals surface area contributed by atoms with Crippen LogP contribution in [0.15, 0.2) is 24.3 Å². The molecule has 2 unspecified atom stereocenters. The largest absolute Gasteiger partial charge is 0.491 e. The van der Waals surface area contributed by atoms with Crippen molar-refractivity contribution < 1.29 is 69.7 Å². The van der Waals surface area contributed by atoms with E-state index in [1.54, 1.807) is 0 Å². The predicted octanol–water partition coefficient (Wildman–Crippen LogP) is -0.389. The molecule has 2 heterocycles. The topological polar surface area (TPSA) is 218 Å². The summed E-state index contributed by atoms with van der Waals surface area (Å²) in [7, 11) is 0.531. The summed E-state index contributed by atoms with van der Waals surface area (Å²) >= 11 is 0. The number of aldehydes is 1. The maximum atomic E-state index is 13.4. The minimum atomic E-state index is -4.75. The van der Waals surface area contributed by atoms with E-state index in [2.05, 4.69) is 21.3 Å². The predicted molar refractivity (Wildman–Crippen MR) is 196 cm³/mol. The van der Waals surface area contributed by atoms with Crippen LogP contribution in [-0.4, -0.2) is 92.6 Å². The number of carbonyl (C=O) groups excluding carboxylic acids is 5. The minimum Gasteiger partial charge on any atom is -0.423 e. The first-order valence-electron chi connectivity index (χ1n) is 16.4. The van der Waals surface area contributed by atoms with Crippen molar-refractivity contribution >= 4 is 77.4 Å². The van der Waals surface area contributed by atoms with Crippen LogP contribution in [0.1, 0.15) is 68.7 Å². The first-order chi connectivity index (χ1) is 25.3. The highest BCUT2D eigenvalue weighted by Crippen LogP contribution is 2.35. The fourth-order valence-corrected chi connectivity index (χ4v) is 5.54. The van der Waals surface area contributed by atoms with Gasteiger partial charge in [-0.05, 0) is 66.6 Å². The molecule has 2 aromatic carbocycles. The third kappa shape index (κ3) is 13.6. The molecule has 0 bridgehead atoms. The molecule has 55 heavy (non-hydrogen) atoms. The Labute approximate surface area is 321 Å². The van der Waals surface area contributed by atoms with Gasteiger partial charge in [-0.2, -0.15) is 39.8 Å². The average molecular weight is 825 g/mol. The molecule has 14 nitrogen and oxygen atoms in total. The lowest BCUT2D eigenvalue weighted by Crippen LogP contribution is -2.50. The second-order valence-electron chi connectivity index (χ2n) is 12.1. The number of nitrogens with two attached hydrogens (primary N) is 1. The molecular weight excluding hydrogens is 785 g/mol. The van der Waals surface area contributed by atoms with Gasteiger partial charge in [0, 0.05) is 37.2 Å². The summed E-state index contributed by atoms with van der Waals surface area (Å²) < 4.78 is 87.8. The van der Waals surface area contributed by atoms with Crippen molar-refractivity contribution in [2.24, 2.45) is 5.73 Å². The van der Waals surface area contributed by atoms with Crippen LogP contribution in [0.25, 0.3) is 0 Å². The van der Waals surface area contributed by atoms with E-state index in [4.69, 9.17) is 15.0 Å². The van der Waals surface area contributed by atoms with Gasteiger partial charge in [0.2, 0.25) is 11.8 Å². The van der Waals surface area contributed by atoms with Gasteiger partial charge in [-0.1, -0.05) is 15.3 Å². The van der Waals surface area contributed by atoms with Crippen LogP contribution in [0.4, 0.5) is 26.3 Å². The number of amides is 3. The smallest absolute Gasteiger partial charge is 0.423 e. The molecule has 3 amide bonds. The Balaban J connectivity index is 0.000000510. The lowest BCUT2D eigenvalue weighted by atomic mass is 9.77. The fourth-order valence-electron chi connectivity index (χ4n) is 5.38. The zero-order valence-corrected chi connectivity index (χ0v) is 31.4. The zero-order chi connectivity index (χ0) is 40.4. The normalized spacial score (nSPS) is 14.4. The lowest BCUT2D eigenvalue weighted by molar-refractivity contribution is -0.139. The molecule has 3 atom stereocenters. The molecular formula is C31H40B2F6N5O9PS. The highest BCUT2D eigenvalue weighted by atomic mass is 32.1. The number of hydrogen-bond acceptors (Lipinski definition) is 11. The molecule has 0 radical (unpaired) electrons. The third-order valence-electron chi connectivity index (χ3n) is 8.32. The van der Waals surface area contributed by atoms with Gasteiger partial charge in [-0.25, -0.2) is 0 Å². The van der Waals surface area contributed by atoms with Gasteiger partial charge in [-0.3, -0.25) is 24.0 Å². The summed E-state index contributed by atoms with van der Waals surface area (Å²) in [5.41, 5.74) is 2.53. The standard InChI is InChI=1S/C22H32BF3N5O6P.C9H6BF3O3.H2S/c1-28-17(20(34)30-7-5-18(32)29-6-3-2-4-16(27)21(35)38)10-31-19(33)12-8-14(22(24,25)26)13-11-37-23(36)15(13)9-12;11-9(12,13)7-1-5(3-14)2-8-6(7)4-16-10(8)15;/h8-9,16-17,28,36H,2-7,10-11,27,38H2,1H3,(H,29,32)(H,30,34)(H,31,33);1-3,15H,4H2;1H2/t16?,17-;;/m0../s1. The molecule has 2 aliphatic rings. The van der Waals surface area contributed by atoms with Gasteiger partial charge in [0.05, 0.1) is 30.4 Å². The molecule has 0 aliphatic carbocycles. The van der Waals surface area contributed by atoms with Crippen molar-refractivity contribution in [1.82, 2.24) is 21.3 Å². The van der Waals surface area contributed by atoms with E-state index < -0.39 is 68.2 Å². The van der Waals surface area contributed by atoms with Gasteiger partial charge < -0.3 is 46.4 Å². The first kappa shape index (κ1) is 47.6. The van der Waals surface area contributed by atoms with Crippen molar-refractivity contribution in [3.63, 3.8) is 0 Å². The molecule has 2 aromatic rings. The molecule has 0 aromatic heterocycles. The van der Waals surface area contributed by atoms with Crippen molar-refractivity contribution in [3.8, 4) is 0 Å². The van der Waals surface area contributed by atoms with Crippen molar-refractivity contribution in [1.29, 1.82) is 0 Å². The van der Waals surface area contributed by atoms with Crippen LogP contribution in [0.5, 0.6) is 0 Å². The lowest BCUT2D eigenvalue weighted by Gasteiger charge is -2.18. The van der Waals surface area contributed by atoms with Crippen molar-refractivity contribution in [2.75, 3.05) is 26.7 Å². The van der Waals surface area contributed by atoms with E-state index in [9.17, 15) is 60.4 Å². The Morgan fingerprint density at radius 3 is 1.98 bits per heavy atom. The van der Waals surface area contributed by atoms with E-state index in [0.717, 1.165) is 12.1 Å². The Morgan fingerprint density at radius 1 is 0.891 bits per heavy atom. The molecule has 0 fully saturated rings. The number of carbonyl (C=O) groups is 5. The minimum absolute atomic E-state index is 0. The second kappa shape index (κ2) is 21.1. The fraction of sp³-hybridized carbons (Fsp3) is 0.452. The number of hydrogen-bond donors (Lipinski definition) is 7. The number of alkyl halides is 6. The number of benzene rings is 2. The number of nitrogens with one attached hydrogen (secondary N) is 4. The van der Waals surface area contributed by atoms with E-state index in [0.29, 0.717) is 38.2 Å². The average Bonchev–Trinajstić information content (AvgIpc) is 3.67. The highest BCUT2D eigenvalue weighted by molar-refractivity contribution is 7.59. The summed E-state index contributed by atoms with van der Waals surface area (Å²) in [4.78, 5) is 58.4. The van der Waals surface area contributed by atoms with Crippen LogP contribution in [0.2, 0.25) is 0 Å². The summed E-state index contributed by atoms with van der Waals surface area (Å²) in [6.07, 6.45) is -7.16. The van der Waals surface area contributed by atoms with Crippen LogP contribution in [0, 0.1) is 0 Å². The van der Waals surface area contributed by atoms with Gasteiger partial charge in [0.1, 0.15) is 12.3 Å². The third-order valence-corrected chi connectivity index (χ3v) is 8.74. The number of halogens is 6. The highest BCUT2D eigenvalue weighted by Gasteiger charge is 2.41. The number of rotatable bonds is 15. The molecule has 0 saturated carbocycles. The summed E-state index contributed by atoms with van der Waals surface area (Å²) in [6.45, 7) is -0.545. The molecule has 0 saturated heterocycles. The Hall–Kier alpha value is -3.56. The van der Waals surface area contributed by atoms with Crippen LogP contribution in [-0.2, 0) is 49.3 Å². The SMILES string of the molecule is CN[C@@H](CNC(=O)c1cc2c(c(C(F)(F)F)c1)COB2O)C(=O)NCCC(=O)NCCCCC(N)C(=O)P.O=Cc1cc2c(c(C(F)(F)F)c1)COB2O.S. The molecule has 8 N–H and O–H groups in total. The Morgan fingerprint density at radius 2 is 1.45 bits per heavy atom. The molecule has 24 heteroatoms. The van der Waals surface area contributed by atoms with Crippen LogP contribution < -0.4 is 37.9 Å². The summed E-state index contributed by atoms with van der Waals surface area (Å²) in [5.74, 6) is -1.67. The summed E-state index contributed by atoms with van der Waals surface area (Å²) in [6, 6.07) is 2.31.